The fourth-order valence-corrected chi connectivity index (χ4v) is 2.32. The van der Waals surface area contributed by atoms with Gasteiger partial charge in [0, 0.05) is 20.3 Å². The van der Waals surface area contributed by atoms with Crippen molar-refractivity contribution in [2.45, 2.75) is 13.0 Å². The van der Waals surface area contributed by atoms with Crippen LogP contribution >= 0.6 is 11.3 Å². The minimum absolute atomic E-state index is 0.00501. The van der Waals surface area contributed by atoms with Gasteiger partial charge in [0.05, 0.1) is 0 Å². The molecular weight excluding hydrogens is 262 g/mol. The molecule has 2 aromatic rings. The Morgan fingerprint density at radius 3 is 2.79 bits per heavy atom. The first-order valence-electron chi connectivity index (χ1n) is 5.80. The molecule has 0 saturated carbocycles. The summed E-state index contributed by atoms with van der Waals surface area (Å²) in [5.74, 6) is -0.00501. The molecule has 1 atom stereocenters. The summed E-state index contributed by atoms with van der Waals surface area (Å²) < 4.78 is 0. The number of hydrogen-bond donors (Lipinski definition) is 1. The van der Waals surface area contributed by atoms with E-state index in [2.05, 4.69) is 20.5 Å². The highest BCUT2D eigenvalue weighted by atomic mass is 32.1. The van der Waals surface area contributed by atoms with E-state index in [4.69, 9.17) is 0 Å². The number of nitrogens with one attached hydrogen (secondary N) is 1. The predicted molar refractivity (Wildman–Crippen MR) is 74.9 cm³/mol. The average Bonchev–Trinajstić information content (AvgIpc) is 2.87. The molecule has 2 rings (SSSR count). The molecule has 0 aliphatic rings. The third-order valence-corrected chi connectivity index (χ3v) is 3.34. The molecule has 1 amide bonds. The lowest BCUT2D eigenvalue weighted by molar-refractivity contribution is -0.129. The SMILES string of the molecule is C[C@H](Nc1nnc(-c2ccccn2)s1)C(=O)N(C)C. The molecular formula is C12H15N5OS. The summed E-state index contributed by atoms with van der Waals surface area (Å²) in [4.78, 5) is 17.5. The molecule has 0 aromatic carbocycles. The molecule has 0 unspecified atom stereocenters. The lowest BCUT2D eigenvalue weighted by Crippen LogP contribution is -2.36. The minimum atomic E-state index is -0.334. The third-order valence-electron chi connectivity index (χ3n) is 2.46. The predicted octanol–water partition coefficient (Wildman–Crippen LogP) is 1.49. The number of aromatic nitrogens is 3. The first kappa shape index (κ1) is 13.4. The Kier molecular flexibility index (Phi) is 4.06. The fraction of sp³-hybridized carbons (Fsp3) is 0.333. The lowest BCUT2D eigenvalue weighted by atomic mass is 10.3. The Morgan fingerprint density at radius 2 is 2.16 bits per heavy atom. The Hall–Kier alpha value is -2.02. The summed E-state index contributed by atoms with van der Waals surface area (Å²) in [7, 11) is 3.44. The third kappa shape index (κ3) is 3.25. The molecule has 0 radical (unpaired) electrons. The van der Waals surface area contributed by atoms with Crippen LogP contribution in [-0.4, -0.2) is 46.1 Å². The first-order valence-corrected chi connectivity index (χ1v) is 6.62. The molecule has 1 N–H and O–H groups in total. The number of anilines is 1. The molecule has 6 nitrogen and oxygen atoms in total. The number of hydrogen-bond acceptors (Lipinski definition) is 6. The van der Waals surface area contributed by atoms with E-state index in [1.165, 1.54) is 11.3 Å². The van der Waals surface area contributed by atoms with Gasteiger partial charge in [0.1, 0.15) is 11.7 Å². The molecule has 0 saturated heterocycles. The number of pyridine rings is 1. The molecule has 2 heterocycles. The maximum absolute atomic E-state index is 11.7. The second-order valence-electron chi connectivity index (χ2n) is 4.23. The normalized spacial score (nSPS) is 11.9. The molecule has 7 heteroatoms. The number of amides is 1. The van der Waals surface area contributed by atoms with Crippen molar-refractivity contribution in [2.24, 2.45) is 0 Å². The summed E-state index contributed by atoms with van der Waals surface area (Å²) in [6, 6.07) is 5.29. The summed E-state index contributed by atoms with van der Waals surface area (Å²) in [6.45, 7) is 1.80. The van der Waals surface area contributed by atoms with E-state index in [0.29, 0.717) is 5.13 Å². The van der Waals surface area contributed by atoms with Crippen LogP contribution in [0.2, 0.25) is 0 Å². The van der Waals surface area contributed by atoms with E-state index in [-0.39, 0.29) is 11.9 Å². The van der Waals surface area contributed by atoms with Gasteiger partial charge in [-0.2, -0.15) is 0 Å². The second-order valence-corrected chi connectivity index (χ2v) is 5.20. The molecule has 19 heavy (non-hydrogen) atoms. The van der Waals surface area contributed by atoms with Gasteiger partial charge < -0.3 is 10.2 Å². The number of carbonyl (C=O) groups is 1. The van der Waals surface area contributed by atoms with Gasteiger partial charge in [0.2, 0.25) is 11.0 Å². The quantitative estimate of drug-likeness (QED) is 0.916. The van der Waals surface area contributed by atoms with Crippen molar-refractivity contribution in [2.75, 3.05) is 19.4 Å². The van der Waals surface area contributed by atoms with Crippen LogP contribution < -0.4 is 5.32 Å². The van der Waals surface area contributed by atoms with Crippen molar-refractivity contribution >= 4 is 22.4 Å². The van der Waals surface area contributed by atoms with Crippen molar-refractivity contribution in [1.29, 1.82) is 0 Å². The van der Waals surface area contributed by atoms with Crippen LogP contribution in [0.3, 0.4) is 0 Å². The maximum Gasteiger partial charge on any atom is 0.244 e. The average molecular weight is 277 g/mol. The van der Waals surface area contributed by atoms with E-state index in [1.807, 2.05) is 18.2 Å². The van der Waals surface area contributed by atoms with Gasteiger partial charge in [-0.15, -0.1) is 10.2 Å². The van der Waals surface area contributed by atoms with Crippen molar-refractivity contribution in [3.8, 4) is 10.7 Å². The van der Waals surface area contributed by atoms with Crippen molar-refractivity contribution < 1.29 is 4.79 Å². The van der Waals surface area contributed by atoms with Gasteiger partial charge in [-0.25, -0.2) is 0 Å². The smallest absolute Gasteiger partial charge is 0.244 e. The largest absolute Gasteiger partial charge is 0.349 e. The number of likely N-dealkylation sites (N-methyl/N-ethyl adjacent to an activating group) is 1. The standard InChI is InChI=1S/C12H15N5OS/c1-8(11(18)17(2)3)14-12-16-15-10(19-12)9-6-4-5-7-13-9/h4-8H,1-3H3,(H,14,16)/t8-/m0/s1. The summed E-state index contributed by atoms with van der Waals surface area (Å²) >= 11 is 1.38. The van der Waals surface area contributed by atoms with E-state index in [1.54, 1.807) is 32.1 Å². The van der Waals surface area contributed by atoms with Crippen LogP contribution in [0.5, 0.6) is 0 Å². The molecule has 0 fully saturated rings. The number of carbonyl (C=O) groups excluding carboxylic acids is 1. The van der Waals surface area contributed by atoms with Crippen LogP contribution in [0.1, 0.15) is 6.92 Å². The zero-order valence-electron chi connectivity index (χ0n) is 11.0. The molecule has 0 bridgehead atoms. The zero-order chi connectivity index (χ0) is 13.8. The van der Waals surface area contributed by atoms with E-state index in [9.17, 15) is 4.79 Å². The van der Waals surface area contributed by atoms with Crippen LogP contribution in [0.25, 0.3) is 10.7 Å². The van der Waals surface area contributed by atoms with Crippen LogP contribution in [-0.2, 0) is 4.79 Å². The first-order chi connectivity index (χ1) is 9.08. The van der Waals surface area contributed by atoms with Gasteiger partial charge in [0.25, 0.3) is 0 Å². The van der Waals surface area contributed by atoms with Crippen molar-refractivity contribution in [1.82, 2.24) is 20.1 Å². The Bertz CT molecular complexity index is 554. The minimum Gasteiger partial charge on any atom is -0.349 e. The highest BCUT2D eigenvalue weighted by Crippen LogP contribution is 2.24. The van der Waals surface area contributed by atoms with E-state index < -0.39 is 0 Å². The fourth-order valence-electron chi connectivity index (χ4n) is 1.51. The summed E-state index contributed by atoms with van der Waals surface area (Å²) in [5, 5.41) is 12.5. The molecule has 2 aromatic heterocycles. The van der Waals surface area contributed by atoms with Crippen LogP contribution in [0, 0.1) is 0 Å². The monoisotopic (exact) mass is 277 g/mol. The van der Waals surface area contributed by atoms with E-state index >= 15 is 0 Å². The topological polar surface area (TPSA) is 71.0 Å². The van der Waals surface area contributed by atoms with Gasteiger partial charge in [-0.05, 0) is 19.1 Å². The zero-order valence-corrected chi connectivity index (χ0v) is 11.8. The van der Waals surface area contributed by atoms with Gasteiger partial charge in [-0.1, -0.05) is 17.4 Å². The second kappa shape index (κ2) is 5.75. The lowest BCUT2D eigenvalue weighted by Gasteiger charge is -2.16. The summed E-state index contributed by atoms with van der Waals surface area (Å²) in [5.41, 5.74) is 0.777. The number of nitrogens with zero attached hydrogens (tertiary/aromatic N) is 4. The van der Waals surface area contributed by atoms with Gasteiger partial charge in [0.15, 0.2) is 5.01 Å². The highest BCUT2D eigenvalue weighted by Gasteiger charge is 2.16. The van der Waals surface area contributed by atoms with E-state index in [0.717, 1.165) is 10.7 Å². The summed E-state index contributed by atoms with van der Waals surface area (Å²) in [6.07, 6.45) is 1.71. The van der Waals surface area contributed by atoms with Crippen molar-refractivity contribution in [3.05, 3.63) is 24.4 Å². The van der Waals surface area contributed by atoms with Gasteiger partial charge in [-0.3, -0.25) is 9.78 Å². The van der Waals surface area contributed by atoms with Crippen LogP contribution in [0.4, 0.5) is 5.13 Å². The molecule has 100 valence electrons. The van der Waals surface area contributed by atoms with Crippen LogP contribution in [0.15, 0.2) is 24.4 Å². The van der Waals surface area contributed by atoms with Gasteiger partial charge >= 0.3 is 0 Å². The Labute approximate surface area is 115 Å². The molecule has 0 aliphatic carbocycles. The molecule has 0 aliphatic heterocycles. The van der Waals surface area contributed by atoms with Crippen molar-refractivity contribution in [3.63, 3.8) is 0 Å². The maximum atomic E-state index is 11.7. The molecule has 0 spiro atoms. The highest BCUT2D eigenvalue weighted by molar-refractivity contribution is 7.18. The Balaban J connectivity index is 2.08. The number of rotatable bonds is 4. The Morgan fingerprint density at radius 1 is 1.37 bits per heavy atom.